The number of H-pyrrole nitrogens is 1. The van der Waals surface area contributed by atoms with E-state index in [0.717, 1.165) is 4.90 Å². The summed E-state index contributed by atoms with van der Waals surface area (Å²) < 4.78 is 12.0. The third kappa shape index (κ3) is 5.07. The number of aromatic nitrogens is 2. The molecule has 0 aliphatic carbocycles. The number of nitrogens with zero attached hydrogens (tertiary/aromatic N) is 3. The highest BCUT2D eigenvalue weighted by Gasteiger charge is 2.28. The van der Waals surface area contributed by atoms with Crippen LogP contribution < -0.4 is 26.6 Å². The molecule has 0 radical (unpaired) electrons. The number of hydrogen-bond donors (Lipinski definition) is 2. The number of benzene rings is 1. The van der Waals surface area contributed by atoms with Crippen LogP contribution in [0.1, 0.15) is 25.8 Å². The Kier molecular flexibility index (Phi) is 7.77. The van der Waals surface area contributed by atoms with Gasteiger partial charge in [-0.05, 0) is 37.6 Å². The number of rotatable bonds is 9. The molecule has 1 aromatic carbocycles. The Morgan fingerprint density at radius 2 is 2.00 bits per heavy atom. The van der Waals surface area contributed by atoms with E-state index < -0.39 is 23.3 Å². The Hall–Kier alpha value is -3.58. The number of ether oxygens (including phenoxy) is 2. The molecule has 3 N–H and O–H groups in total. The van der Waals surface area contributed by atoms with Crippen molar-refractivity contribution in [1.29, 1.82) is 5.26 Å². The third-order valence-electron chi connectivity index (χ3n) is 4.36. The van der Waals surface area contributed by atoms with Crippen LogP contribution >= 0.6 is 0 Å². The molecule has 10 nitrogen and oxygen atoms in total. The third-order valence-corrected chi connectivity index (χ3v) is 4.36. The van der Waals surface area contributed by atoms with Gasteiger partial charge in [0.2, 0.25) is 0 Å². The highest BCUT2D eigenvalue weighted by Crippen LogP contribution is 2.20. The number of hydrogen-bond acceptors (Lipinski definition) is 7. The standard InChI is InChI=1S/C20H25N5O5/c1-4-9-25-17(22)16(18(26)23-20(25)28)24(10-11-29-3)19(27)13(2)30-15-7-5-14(12-21)6-8-15/h5-8,13H,4,9-11,22H2,1-3H3,(H,23,26,28). The minimum Gasteiger partial charge on any atom is -0.481 e. The lowest BCUT2D eigenvalue weighted by Crippen LogP contribution is -2.47. The molecule has 0 aliphatic heterocycles. The van der Waals surface area contributed by atoms with Crippen LogP contribution in [0.2, 0.25) is 0 Å². The minimum atomic E-state index is -0.972. The monoisotopic (exact) mass is 415 g/mol. The van der Waals surface area contributed by atoms with E-state index in [0.29, 0.717) is 17.7 Å². The molecule has 0 fully saturated rings. The summed E-state index contributed by atoms with van der Waals surface area (Å²) in [4.78, 5) is 41.1. The molecule has 0 saturated carbocycles. The Morgan fingerprint density at radius 1 is 1.33 bits per heavy atom. The number of nitrogens with two attached hydrogens (primary N) is 1. The summed E-state index contributed by atoms with van der Waals surface area (Å²) in [5, 5.41) is 8.88. The molecule has 1 aromatic heterocycles. The van der Waals surface area contributed by atoms with E-state index in [4.69, 9.17) is 20.5 Å². The summed E-state index contributed by atoms with van der Waals surface area (Å²) in [5.41, 5.74) is 5.04. The maximum Gasteiger partial charge on any atom is 0.330 e. The van der Waals surface area contributed by atoms with Gasteiger partial charge >= 0.3 is 5.69 Å². The van der Waals surface area contributed by atoms with E-state index in [1.165, 1.54) is 18.6 Å². The Bertz CT molecular complexity index is 1040. The van der Waals surface area contributed by atoms with E-state index in [-0.39, 0.29) is 31.2 Å². The van der Waals surface area contributed by atoms with Crippen molar-refractivity contribution in [3.8, 4) is 11.8 Å². The molecule has 10 heteroatoms. The summed E-state index contributed by atoms with van der Waals surface area (Å²) in [6.45, 7) is 3.86. The lowest BCUT2D eigenvalue weighted by molar-refractivity contribution is -0.124. The Balaban J connectivity index is 2.40. The quantitative estimate of drug-likeness (QED) is 0.618. The Morgan fingerprint density at radius 3 is 2.57 bits per heavy atom. The van der Waals surface area contributed by atoms with Gasteiger partial charge in [-0.15, -0.1) is 0 Å². The van der Waals surface area contributed by atoms with Gasteiger partial charge in [0.25, 0.3) is 11.5 Å². The molecule has 0 saturated heterocycles. The molecule has 30 heavy (non-hydrogen) atoms. The zero-order valence-corrected chi connectivity index (χ0v) is 17.2. The number of nitriles is 1. The number of amides is 1. The molecule has 1 unspecified atom stereocenters. The molecule has 0 aliphatic rings. The summed E-state index contributed by atoms with van der Waals surface area (Å²) >= 11 is 0. The number of carbonyl (C=O) groups excluding carboxylic acids is 1. The van der Waals surface area contributed by atoms with Gasteiger partial charge < -0.3 is 15.2 Å². The SMILES string of the molecule is CCCn1c(N)c(N(CCOC)C(=O)C(C)Oc2ccc(C#N)cc2)c(=O)[nH]c1=O. The van der Waals surface area contributed by atoms with Crippen LogP contribution in [0.3, 0.4) is 0 Å². The average Bonchev–Trinajstić information content (AvgIpc) is 2.73. The predicted molar refractivity (Wildman–Crippen MR) is 112 cm³/mol. The van der Waals surface area contributed by atoms with E-state index in [1.54, 1.807) is 24.3 Å². The topological polar surface area (TPSA) is 143 Å². The number of anilines is 2. The van der Waals surface area contributed by atoms with Gasteiger partial charge in [-0.25, -0.2) is 4.79 Å². The van der Waals surface area contributed by atoms with Crippen LogP contribution in [0, 0.1) is 11.3 Å². The molecule has 1 heterocycles. The molecule has 1 amide bonds. The first kappa shape index (κ1) is 22.7. The molecule has 0 bridgehead atoms. The molecule has 160 valence electrons. The van der Waals surface area contributed by atoms with Crippen LogP contribution in [-0.2, 0) is 16.1 Å². The highest BCUT2D eigenvalue weighted by atomic mass is 16.5. The number of methoxy groups -OCH3 is 1. The zero-order chi connectivity index (χ0) is 22.3. The van der Waals surface area contributed by atoms with Crippen LogP contribution in [0.25, 0.3) is 0 Å². The highest BCUT2D eigenvalue weighted by molar-refractivity contribution is 5.98. The van der Waals surface area contributed by atoms with Crippen LogP contribution in [0.5, 0.6) is 5.75 Å². The summed E-state index contributed by atoms with van der Waals surface area (Å²) in [6.07, 6.45) is -0.361. The van der Waals surface area contributed by atoms with Crippen molar-refractivity contribution in [2.45, 2.75) is 32.9 Å². The lowest BCUT2D eigenvalue weighted by atomic mass is 10.2. The van der Waals surface area contributed by atoms with Gasteiger partial charge in [0.15, 0.2) is 11.8 Å². The summed E-state index contributed by atoms with van der Waals surface area (Å²) in [5.74, 6) is -0.240. The van der Waals surface area contributed by atoms with Crippen molar-refractivity contribution in [2.75, 3.05) is 30.9 Å². The van der Waals surface area contributed by atoms with Gasteiger partial charge in [0, 0.05) is 20.2 Å². The van der Waals surface area contributed by atoms with E-state index in [1.807, 2.05) is 13.0 Å². The number of nitrogen functional groups attached to an aromatic ring is 1. The second-order valence-electron chi connectivity index (χ2n) is 6.52. The predicted octanol–water partition coefficient (Wildman–Crippen LogP) is 0.847. The van der Waals surface area contributed by atoms with Gasteiger partial charge in [-0.1, -0.05) is 6.92 Å². The summed E-state index contributed by atoms with van der Waals surface area (Å²) in [6, 6.07) is 8.28. The molecule has 2 rings (SSSR count). The van der Waals surface area contributed by atoms with E-state index in [9.17, 15) is 14.4 Å². The zero-order valence-electron chi connectivity index (χ0n) is 17.2. The molecule has 2 aromatic rings. The summed E-state index contributed by atoms with van der Waals surface area (Å²) in [7, 11) is 1.46. The first-order chi connectivity index (χ1) is 14.3. The maximum atomic E-state index is 13.1. The van der Waals surface area contributed by atoms with Crippen LogP contribution in [0.15, 0.2) is 33.9 Å². The first-order valence-electron chi connectivity index (χ1n) is 9.43. The molecule has 0 spiro atoms. The van der Waals surface area contributed by atoms with E-state index >= 15 is 0 Å². The second-order valence-corrected chi connectivity index (χ2v) is 6.52. The van der Waals surface area contributed by atoms with Crippen LogP contribution in [0.4, 0.5) is 11.5 Å². The smallest absolute Gasteiger partial charge is 0.330 e. The minimum absolute atomic E-state index is 0.0357. The van der Waals surface area contributed by atoms with Crippen molar-refractivity contribution in [3.05, 3.63) is 50.7 Å². The van der Waals surface area contributed by atoms with Gasteiger partial charge in [-0.3, -0.25) is 24.0 Å². The lowest BCUT2D eigenvalue weighted by Gasteiger charge is -2.27. The fourth-order valence-corrected chi connectivity index (χ4v) is 2.88. The fourth-order valence-electron chi connectivity index (χ4n) is 2.88. The molecular formula is C20H25N5O5. The fraction of sp³-hybridized carbons (Fsp3) is 0.400. The normalized spacial score (nSPS) is 11.5. The molecule has 1 atom stereocenters. The first-order valence-corrected chi connectivity index (χ1v) is 9.43. The molecular weight excluding hydrogens is 390 g/mol. The van der Waals surface area contributed by atoms with Gasteiger partial charge in [0.05, 0.1) is 18.2 Å². The van der Waals surface area contributed by atoms with Crippen molar-refractivity contribution in [2.24, 2.45) is 0 Å². The average molecular weight is 415 g/mol. The van der Waals surface area contributed by atoms with Crippen molar-refractivity contribution in [3.63, 3.8) is 0 Å². The van der Waals surface area contributed by atoms with Crippen molar-refractivity contribution in [1.82, 2.24) is 9.55 Å². The van der Waals surface area contributed by atoms with Crippen molar-refractivity contribution < 1.29 is 14.3 Å². The largest absolute Gasteiger partial charge is 0.481 e. The van der Waals surface area contributed by atoms with Gasteiger partial charge in [-0.2, -0.15) is 5.26 Å². The maximum absolute atomic E-state index is 13.1. The second kappa shape index (κ2) is 10.3. The number of carbonyl (C=O) groups is 1. The number of nitrogens with one attached hydrogen (secondary N) is 1. The Labute approximate surface area is 173 Å². The van der Waals surface area contributed by atoms with Gasteiger partial charge in [0.1, 0.15) is 11.6 Å². The van der Waals surface area contributed by atoms with E-state index in [2.05, 4.69) is 4.98 Å². The van der Waals surface area contributed by atoms with Crippen LogP contribution in [-0.4, -0.2) is 41.8 Å². The number of aromatic amines is 1. The van der Waals surface area contributed by atoms with Crippen molar-refractivity contribution >= 4 is 17.4 Å².